The summed E-state index contributed by atoms with van der Waals surface area (Å²) in [5.41, 5.74) is -2.10. The van der Waals surface area contributed by atoms with Crippen LogP contribution in [0.2, 0.25) is 5.02 Å². The van der Waals surface area contributed by atoms with Crippen LogP contribution in [-0.2, 0) is 11.0 Å². The molecule has 0 aliphatic heterocycles. The molecule has 0 radical (unpaired) electrons. The molecule has 1 fully saturated rings. The van der Waals surface area contributed by atoms with E-state index in [1.165, 1.54) is 6.07 Å². The number of carbonyl (C=O) groups excluding carboxylic acids is 2. The van der Waals surface area contributed by atoms with Crippen LogP contribution < -0.4 is 10.6 Å². The maximum absolute atomic E-state index is 13.6. The van der Waals surface area contributed by atoms with E-state index >= 15 is 0 Å². The number of amides is 2. The monoisotopic (exact) mass is 550 g/mol. The Morgan fingerprint density at radius 2 is 1.65 bits per heavy atom. The Labute approximate surface area is 202 Å². The molecule has 2 aromatic rings. The highest BCUT2D eigenvalue weighted by Crippen LogP contribution is 2.65. The minimum Gasteiger partial charge on any atom is -0.343 e. The van der Waals surface area contributed by atoms with Gasteiger partial charge in [-0.1, -0.05) is 17.7 Å². The number of carbonyl (C=O) groups is 2. The molecule has 184 valence electrons. The number of anilines is 1. The van der Waals surface area contributed by atoms with Crippen LogP contribution in [0.3, 0.4) is 0 Å². The standard InChI is InChI=1S/C20H12Cl3F7N2O2/c21-12-3-2-9(6-10(12)16(33)31-7-18(25,26)27)32-17(34)15-14(19(15,22)23)8-1-4-13(24)11(5-8)20(28,29)30/h1-6,14-15H,7H2,(H,31,33)(H,32,34). The lowest BCUT2D eigenvalue weighted by molar-refractivity contribution is -0.140. The second-order valence-electron chi connectivity index (χ2n) is 7.35. The van der Waals surface area contributed by atoms with Gasteiger partial charge >= 0.3 is 12.4 Å². The van der Waals surface area contributed by atoms with Crippen LogP contribution in [0.1, 0.15) is 27.4 Å². The van der Waals surface area contributed by atoms with Gasteiger partial charge in [-0.2, -0.15) is 26.3 Å². The largest absolute Gasteiger partial charge is 0.419 e. The summed E-state index contributed by atoms with van der Waals surface area (Å²) in [4.78, 5) is 24.7. The molecule has 4 nitrogen and oxygen atoms in total. The summed E-state index contributed by atoms with van der Waals surface area (Å²) in [5.74, 6) is -5.88. The Balaban J connectivity index is 1.78. The molecule has 1 saturated carbocycles. The predicted molar refractivity (Wildman–Crippen MR) is 111 cm³/mol. The van der Waals surface area contributed by atoms with Crippen molar-refractivity contribution in [1.82, 2.24) is 5.32 Å². The zero-order chi connectivity index (χ0) is 25.6. The van der Waals surface area contributed by atoms with E-state index in [4.69, 9.17) is 34.8 Å². The summed E-state index contributed by atoms with van der Waals surface area (Å²) in [6.45, 7) is -1.61. The molecule has 3 rings (SSSR count). The van der Waals surface area contributed by atoms with Crippen molar-refractivity contribution in [3.63, 3.8) is 0 Å². The van der Waals surface area contributed by atoms with E-state index in [0.29, 0.717) is 12.1 Å². The summed E-state index contributed by atoms with van der Waals surface area (Å²) in [6, 6.07) is 5.51. The van der Waals surface area contributed by atoms with Crippen LogP contribution in [0.25, 0.3) is 0 Å². The zero-order valence-corrected chi connectivity index (χ0v) is 18.7. The topological polar surface area (TPSA) is 58.2 Å². The van der Waals surface area contributed by atoms with Crippen LogP contribution in [0.5, 0.6) is 0 Å². The van der Waals surface area contributed by atoms with Crippen molar-refractivity contribution >= 4 is 52.3 Å². The Morgan fingerprint density at radius 1 is 1.00 bits per heavy atom. The minimum atomic E-state index is -4.99. The molecule has 0 heterocycles. The summed E-state index contributed by atoms with van der Waals surface area (Å²) in [6.07, 6.45) is -9.65. The second kappa shape index (κ2) is 9.09. The summed E-state index contributed by atoms with van der Waals surface area (Å²) in [7, 11) is 0. The minimum absolute atomic E-state index is 0.0589. The number of hydrogen-bond donors (Lipinski definition) is 2. The van der Waals surface area contributed by atoms with Gasteiger partial charge in [-0.05, 0) is 35.9 Å². The fourth-order valence-electron chi connectivity index (χ4n) is 3.29. The van der Waals surface area contributed by atoms with Crippen molar-refractivity contribution in [1.29, 1.82) is 0 Å². The number of rotatable bonds is 5. The van der Waals surface area contributed by atoms with Gasteiger partial charge in [0.15, 0.2) is 0 Å². The number of hydrogen-bond acceptors (Lipinski definition) is 2. The van der Waals surface area contributed by atoms with Gasteiger partial charge in [0.25, 0.3) is 5.91 Å². The first-order chi connectivity index (χ1) is 15.5. The molecule has 2 atom stereocenters. The summed E-state index contributed by atoms with van der Waals surface area (Å²) < 4.78 is 87.8. The fraction of sp³-hybridized carbons (Fsp3) is 0.300. The lowest BCUT2D eigenvalue weighted by atomic mass is 10.0. The van der Waals surface area contributed by atoms with E-state index in [-0.39, 0.29) is 21.8 Å². The first kappa shape index (κ1) is 26.4. The fourth-order valence-corrected chi connectivity index (χ4v) is 4.33. The van der Waals surface area contributed by atoms with Crippen LogP contribution in [0.4, 0.5) is 36.4 Å². The van der Waals surface area contributed by atoms with Crippen LogP contribution in [0.15, 0.2) is 36.4 Å². The normalized spacial score (nSPS) is 19.5. The lowest BCUT2D eigenvalue weighted by Crippen LogP contribution is -2.33. The molecule has 2 unspecified atom stereocenters. The molecule has 2 amide bonds. The average molecular weight is 552 g/mol. The Kier molecular flexibility index (Phi) is 7.05. The SMILES string of the molecule is O=C(NCC(F)(F)F)c1cc(NC(=O)C2C(c3ccc(F)c(C(F)(F)F)c3)C2(Cl)Cl)ccc1Cl. The summed E-state index contributed by atoms with van der Waals surface area (Å²) in [5, 5.41) is 3.78. The third-order valence-electron chi connectivity index (χ3n) is 4.92. The van der Waals surface area contributed by atoms with Crippen LogP contribution >= 0.6 is 34.8 Å². The number of benzene rings is 2. The Bertz CT molecular complexity index is 1140. The number of halogens is 10. The maximum Gasteiger partial charge on any atom is 0.419 e. The maximum atomic E-state index is 13.6. The second-order valence-corrected chi connectivity index (χ2v) is 9.20. The Hall–Kier alpha value is -2.24. The highest BCUT2D eigenvalue weighted by molar-refractivity contribution is 6.53. The van der Waals surface area contributed by atoms with Crippen molar-refractivity contribution in [2.24, 2.45) is 5.92 Å². The van der Waals surface area contributed by atoms with E-state index in [1.807, 2.05) is 0 Å². The first-order valence-electron chi connectivity index (χ1n) is 9.22. The number of nitrogens with one attached hydrogen (secondary N) is 2. The first-order valence-corrected chi connectivity index (χ1v) is 10.4. The smallest absolute Gasteiger partial charge is 0.343 e. The van der Waals surface area contributed by atoms with Crippen LogP contribution in [0, 0.1) is 11.7 Å². The molecule has 14 heteroatoms. The van der Waals surface area contributed by atoms with E-state index in [0.717, 1.165) is 18.2 Å². The van der Waals surface area contributed by atoms with Gasteiger partial charge in [0, 0.05) is 11.6 Å². The van der Waals surface area contributed by atoms with Gasteiger partial charge in [0.05, 0.1) is 22.1 Å². The predicted octanol–water partition coefficient (Wildman–Crippen LogP) is 6.32. The highest BCUT2D eigenvalue weighted by atomic mass is 35.5. The molecule has 0 bridgehead atoms. The third kappa shape index (κ3) is 5.69. The molecular formula is C20H12Cl3F7N2O2. The molecule has 0 saturated heterocycles. The average Bonchev–Trinajstić information content (AvgIpc) is 3.28. The van der Waals surface area contributed by atoms with Crippen molar-refractivity contribution < 1.29 is 40.3 Å². The quantitative estimate of drug-likeness (QED) is 0.338. The molecular weight excluding hydrogens is 540 g/mol. The van der Waals surface area contributed by atoms with Gasteiger partial charge < -0.3 is 10.6 Å². The van der Waals surface area contributed by atoms with Gasteiger partial charge in [-0.15, -0.1) is 23.2 Å². The van der Waals surface area contributed by atoms with Crippen molar-refractivity contribution in [3.05, 3.63) is 63.9 Å². The zero-order valence-electron chi connectivity index (χ0n) is 16.4. The summed E-state index contributed by atoms with van der Waals surface area (Å²) >= 11 is 18.1. The lowest BCUT2D eigenvalue weighted by Gasteiger charge is -2.11. The molecule has 2 aromatic carbocycles. The van der Waals surface area contributed by atoms with Gasteiger partial charge in [0.1, 0.15) is 16.7 Å². The Morgan fingerprint density at radius 3 is 2.24 bits per heavy atom. The van der Waals surface area contributed by atoms with Crippen molar-refractivity contribution in [2.75, 3.05) is 11.9 Å². The van der Waals surface area contributed by atoms with Crippen molar-refractivity contribution in [3.8, 4) is 0 Å². The molecule has 1 aliphatic rings. The number of alkyl halides is 8. The molecule has 0 aromatic heterocycles. The van der Waals surface area contributed by atoms with E-state index in [2.05, 4.69) is 5.32 Å². The van der Waals surface area contributed by atoms with Crippen LogP contribution in [-0.4, -0.2) is 28.9 Å². The molecule has 2 N–H and O–H groups in total. The van der Waals surface area contributed by atoms with E-state index in [9.17, 15) is 40.3 Å². The van der Waals surface area contributed by atoms with Gasteiger partial charge in [-0.25, -0.2) is 4.39 Å². The highest BCUT2D eigenvalue weighted by Gasteiger charge is 2.67. The van der Waals surface area contributed by atoms with E-state index < -0.39 is 58.3 Å². The van der Waals surface area contributed by atoms with Crippen molar-refractivity contribution in [2.45, 2.75) is 22.6 Å². The molecule has 1 aliphatic carbocycles. The van der Waals surface area contributed by atoms with Gasteiger partial charge in [0.2, 0.25) is 5.91 Å². The van der Waals surface area contributed by atoms with E-state index in [1.54, 1.807) is 5.32 Å². The van der Waals surface area contributed by atoms with Gasteiger partial charge in [-0.3, -0.25) is 9.59 Å². The molecule has 0 spiro atoms. The molecule has 34 heavy (non-hydrogen) atoms. The third-order valence-corrected chi connectivity index (χ3v) is 6.19.